The summed E-state index contributed by atoms with van der Waals surface area (Å²) in [6.07, 6.45) is 1.71. The number of hydrazone groups is 1. The van der Waals surface area contributed by atoms with Crippen molar-refractivity contribution in [3.8, 4) is 5.75 Å². The molecule has 1 amide bonds. The molecule has 0 atom stereocenters. The summed E-state index contributed by atoms with van der Waals surface area (Å²) in [5.74, 6) is 0.823. The molecule has 0 heterocycles. The fourth-order valence-corrected chi connectivity index (χ4v) is 3.49. The number of carbonyl (C=O) groups is 1. The van der Waals surface area contributed by atoms with Crippen molar-refractivity contribution >= 4 is 33.7 Å². The third kappa shape index (κ3) is 4.33. The number of nitrogens with one attached hydrogen (secondary N) is 1. The van der Waals surface area contributed by atoms with Gasteiger partial charge in [0.05, 0.1) is 6.21 Å². The van der Waals surface area contributed by atoms with Gasteiger partial charge in [0.2, 0.25) is 0 Å². The van der Waals surface area contributed by atoms with Gasteiger partial charge in [0.25, 0.3) is 5.91 Å². The number of amides is 1. The molecule has 4 nitrogen and oxygen atoms in total. The molecule has 0 saturated carbocycles. The molecule has 0 aliphatic heterocycles. The minimum Gasteiger partial charge on any atom is -0.484 e. The highest BCUT2D eigenvalue weighted by molar-refractivity contribution is 6.13. The SMILES string of the molecule is CC(C)c1ccc(OCC(=O)N/N=C/c2c3ccccc3cc3ccccc23)cc1. The van der Waals surface area contributed by atoms with Crippen LogP contribution in [0.3, 0.4) is 0 Å². The number of hydrogen-bond acceptors (Lipinski definition) is 3. The lowest BCUT2D eigenvalue weighted by Crippen LogP contribution is -2.24. The molecule has 0 spiro atoms. The van der Waals surface area contributed by atoms with Crippen LogP contribution in [0.2, 0.25) is 0 Å². The highest BCUT2D eigenvalue weighted by Gasteiger charge is 2.06. The van der Waals surface area contributed by atoms with Crippen LogP contribution in [0.1, 0.15) is 30.9 Å². The second kappa shape index (κ2) is 8.78. The lowest BCUT2D eigenvalue weighted by molar-refractivity contribution is -0.123. The minimum atomic E-state index is -0.302. The summed E-state index contributed by atoms with van der Waals surface area (Å²) >= 11 is 0. The van der Waals surface area contributed by atoms with E-state index in [4.69, 9.17) is 4.74 Å². The fraction of sp³-hybridized carbons (Fsp3) is 0.154. The lowest BCUT2D eigenvalue weighted by Gasteiger charge is -2.09. The number of hydrogen-bond donors (Lipinski definition) is 1. The predicted octanol–water partition coefficient (Wildman–Crippen LogP) is 5.65. The number of fused-ring (bicyclic) bond motifs is 2. The molecule has 30 heavy (non-hydrogen) atoms. The molecule has 4 aromatic carbocycles. The summed E-state index contributed by atoms with van der Waals surface area (Å²) in [4.78, 5) is 12.2. The van der Waals surface area contributed by atoms with Gasteiger partial charge in [-0.15, -0.1) is 0 Å². The molecule has 0 aliphatic rings. The van der Waals surface area contributed by atoms with E-state index in [0.29, 0.717) is 11.7 Å². The largest absolute Gasteiger partial charge is 0.484 e. The van der Waals surface area contributed by atoms with Crippen LogP contribution in [0.5, 0.6) is 5.75 Å². The van der Waals surface area contributed by atoms with Crippen LogP contribution in [0, 0.1) is 0 Å². The van der Waals surface area contributed by atoms with Gasteiger partial charge in [-0.3, -0.25) is 4.79 Å². The Balaban J connectivity index is 1.46. The zero-order valence-corrected chi connectivity index (χ0v) is 17.1. The molecule has 0 radical (unpaired) electrons. The van der Waals surface area contributed by atoms with Crippen molar-refractivity contribution in [2.75, 3.05) is 6.61 Å². The van der Waals surface area contributed by atoms with E-state index in [1.807, 2.05) is 48.5 Å². The summed E-state index contributed by atoms with van der Waals surface area (Å²) in [5, 5.41) is 8.65. The van der Waals surface area contributed by atoms with Gasteiger partial charge >= 0.3 is 0 Å². The number of nitrogens with zero attached hydrogens (tertiary/aromatic N) is 1. The first-order valence-electron chi connectivity index (χ1n) is 10.1. The van der Waals surface area contributed by atoms with E-state index in [1.165, 1.54) is 5.56 Å². The molecule has 0 unspecified atom stereocenters. The van der Waals surface area contributed by atoms with Gasteiger partial charge in [-0.25, -0.2) is 5.43 Å². The molecule has 0 aliphatic carbocycles. The van der Waals surface area contributed by atoms with Crippen molar-refractivity contribution in [2.24, 2.45) is 5.10 Å². The van der Waals surface area contributed by atoms with Crippen LogP contribution in [-0.2, 0) is 4.79 Å². The van der Waals surface area contributed by atoms with E-state index in [9.17, 15) is 4.79 Å². The normalized spacial score (nSPS) is 11.4. The third-order valence-corrected chi connectivity index (χ3v) is 5.11. The second-order valence-corrected chi connectivity index (χ2v) is 7.54. The Labute approximate surface area is 176 Å². The van der Waals surface area contributed by atoms with Gasteiger partial charge in [-0.05, 0) is 51.2 Å². The summed E-state index contributed by atoms with van der Waals surface area (Å²) in [7, 11) is 0. The van der Waals surface area contributed by atoms with Crippen LogP contribution in [-0.4, -0.2) is 18.7 Å². The maximum Gasteiger partial charge on any atom is 0.277 e. The van der Waals surface area contributed by atoms with Crippen molar-refractivity contribution < 1.29 is 9.53 Å². The molecule has 4 rings (SSSR count). The van der Waals surface area contributed by atoms with Gasteiger partial charge in [0, 0.05) is 5.56 Å². The number of ether oxygens (including phenoxy) is 1. The Hall–Kier alpha value is -3.66. The number of rotatable bonds is 6. The molecule has 0 fully saturated rings. The van der Waals surface area contributed by atoms with Crippen molar-refractivity contribution in [1.29, 1.82) is 0 Å². The predicted molar refractivity (Wildman–Crippen MR) is 123 cm³/mol. The monoisotopic (exact) mass is 396 g/mol. The molecular formula is C26H24N2O2. The third-order valence-electron chi connectivity index (χ3n) is 5.11. The summed E-state index contributed by atoms with van der Waals surface area (Å²) < 4.78 is 5.56. The number of carbonyl (C=O) groups excluding carboxylic acids is 1. The Kier molecular flexibility index (Phi) is 5.75. The average Bonchev–Trinajstić information content (AvgIpc) is 2.77. The van der Waals surface area contributed by atoms with Gasteiger partial charge in [0.1, 0.15) is 5.75 Å². The van der Waals surface area contributed by atoms with E-state index in [2.05, 4.69) is 54.7 Å². The van der Waals surface area contributed by atoms with Crippen LogP contribution in [0.25, 0.3) is 21.5 Å². The molecule has 0 bridgehead atoms. The van der Waals surface area contributed by atoms with E-state index >= 15 is 0 Å². The van der Waals surface area contributed by atoms with Gasteiger partial charge < -0.3 is 4.74 Å². The molecule has 1 N–H and O–H groups in total. The zero-order valence-electron chi connectivity index (χ0n) is 17.1. The molecular weight excluding hydrogens is 372 g/mol. The maximum atomic E-state index is 12.2. The van der Waals surface area contributed by atoms with Gasteiger partial charge in [-0.2, -0.15) is 5.10 Å². The number of benzene rings is 4. The summed E-state index contributed by atoms with van der Waals surface area (Å²) in [6.45, 7) is 4.19. The fourth-order valence-electron chi connectivity index (χ4n) is 3.49. The Morgan fingerprint density at radius 3 is 2.13 bits per heavy atom. The average molecular weight is 396 g/mol. The van der Waals surface area contributed by atoms with Crippen LogP contribution >= 0.6 is 0 Å². The van der Waals surface area contributed by atoms with Crippen molar-refractivity contribution in [3.05, 3.63) is 90.0 Å². The van der Waals surface area contributed by atoms with E-state index in [0.717, 1.165) is 27.1 Å². The van der Waals surface area contributed by atoms with Crippen LogP contribution in [0.4, 0.5) is 0 Å². The highest BCUT2D eigenvalue weighted by Crippen LogP contribution is 2.27. The standard InChI is InChI=1S/C26H24N2O2/c1-18(2)19-11-13-22(14-12-19)30-17-26(29)28-27-16-25-23-9-5-3-7-20(23)15-21-8-4-6-10-24(21)25/h3-16,18H,17H2,1-2H3,(H,28,29)/b27-16+. The quantitative estimate of drug-likeness (QED) is 0.260. The molecule has 0 saturated heterocycles. The maximum absolute atomic E-state index is 12.2. The van der Waals surface area contributed by atoms with Crippen LogP contribution < -0.4 is 10.2 Å². The molecule has 4 aromatic rings. The Morgan fingerprint density at radius 1 is 0.933 bits per heavy atom. The van der Waals surface area contributed by atoms with Crippen molar-refractivity contribution in [1.82, 2.24) is 5.43 Å². The molecule has 4 heteroatoms. The van der Waals surface area contributed by atoms with Gasteiger partial charge in [0.15, 0.2) is 6.61 Å². The first-order chi connectivity index (χ1) is 14.6. The van der Waals surface area contributed by atoms with Crippen LogP contribution in [0.15, 0.2) is 84.0 Å². The molecule has 150 valence electrons. The molecule has 0 aromatic heterocycles. The van der Waals surface area contributed by atoms with E-state index in [-0.39, 0.29) is 12.5 Å². The topological polar surface area (TPSA) is 50.7 Å². The Bertz CT molecular complexity index is 1160. The van der Waals surface area contributed by atoms with Gasteiger partial charge in [-0.1, -0.05) is 74.5 Å². The second-order valence-electron chi connectivity index (χ2n) is 7.54. The first-order valence-corrected chi connectivity index (χ1v) is 10.1. The van der Waals surface area contributed by atoms with Crippen molar-refractivity contribution in [2.45, 2.75) is 19.8 Å². The van der Waals surface area contributed by atoms with E-state index in [1.54, 1.807) is 6.21 Å². The van der Waals surface area contributed by atoms with Crippen molar-refractivity contribution in [3.63, 3.8) is 0 Å². The minimum absolute atomic E-state index is 0.0886. The smallest absolute Gasteiger partial charge is 0.277 e. The summed E-state index contributed by atoms with van der Waals surface area (Å²) in [5.41, 5.74) is 4.78. The highest BCUT2D eigenvalue weighted by atomic mass is 16.5. The lowest BCUT2D eigenvalue weighted by atomic mass is 9.97. The zero-order chi connectivity index (χ0) is 20.9. The van der Waals surface area contributed by atoms with E-state index < -0.39 is 0 Å². The Morgan fingerprint density at radius 2 is 1.53 bits per heavy atom. The summed E-state index contributed by atoms with van der Waals surface area (Å²) in [6, 6.07) is 26.3. The first kappa shape index (κ1) is 19.6.